The summed E-state index contributed by atoms with van der Waals surface area (Å²) in [6.45, 7) is 3.43. The van der Waals surface area contributed by atoms with Gasteiger partial charge < -0.3 is 24.6 Å². The van der Waals surface area contributed by atoms with E-state index in [1.54, 1.807) is 20.4 Å². The summed E-state index contributed by atoms with van der Waals surface area (Å²) < 4.78 is 10.5. The summed E-state index contributed by atoms with van der Waals surface area (Å²) in [6, 6.07) is 15.4. The number of carbonyl (C=O) groups is 1. The maximum Gasteiger partial charge on any atom is 0.263 e. The van der Waals surface area contributed by atoms with Gasteiger partial charge in [-0.1, -0.05) is 23.7 Å². The Morgan fingerprint density at radius 2 is 1.88 bits per heavy atom. The van der Waals surface area contributed by atoms with Crippen molar-refractivity contribution in [2.75, 3.05) is 51.8 Å². The first kappa shape index (κ1) is 23.3. The molecule has 3 rings (SSSR count). The highest BCUT2D eigenvalue weighted by Gasteiger charge is 2.18. The largest absolute Gasteiger partial charge is 0.493 e. The molecule has 1 fully saturated rings. The van der Waals surface area contributed by atoms with Crippen LogP contribution in [0.25, 0.3) is 0 Å². The van der Waals surface area contributed by atoms with Crippen molar-refractivity contribution in [3.05, 3.63) is 64.8 Å². The van der Waals surface area contributed by atoms with Gasteiger partial charge >= 0.3 is 0 Å². The van der Waals surface area contributed by atoms with Crippen LogP contribution in [0.2, 0.25) is 5.02 Å². The molecule has 1 amide bonds. The van der Waals surface area contributed by atoms with Gasteiger partial charge in [0.2, 0.25) is 0 Å². The topological polar surface area (TPSA) is 77.8 Å². The number of anilines is 1. The molecule has 0 atom stereocenters. The summed E-state index contributed by atoms with van der Waals surface area (Å²) in [7, 11) is 3.17. The summed E-state index contributed by atoms with van der Waals surface area (Å²) in [5.41, 5.74) is 2.19. The number of hydrogen-bond donors (Lipinski definition) is 1. The highest BCUT2D eigenvalue weighted by atomic mass is 35.5. The number of benzene rings is 2. The number of halogens is 1. The molecule has 1 aliphatic heterocycles. The predicted octanol–water partition coefficient (Wildman–Crippen LogP) is 3.25. The van der Waals surface area contributed by atoms with Gasteiger partial charge in [0.05, 0.1) is 14.2 Å². The number of carbonyl (C=O) groups excluding carboxylic acids is 1. The minimum atomic E-state index is -0.370. The van der Waals surface area contributed by atoms with Crippen LogP contribution in [0.1, 0.15) is 5.56 Å². The zero-order valence-electron chi connectivity index (χ0n) is 18.3. The van der Waals surface area contributed by atoms with Gasteiger partial charge in [0, 0.05) is 49.6 Å². The summed E-state index contributed by atoms with van der Waals surface area (Å²) in [4.78, 5) is 16.7. The molecule has 0 aliphatic carbocycles. The summed E-state index contributed by atoms with van der Waals surface area (Å²) in [5.74, 6) is 0.932. The quantitative estimate of drug-likeness (QED) is 0.487. The normalized spacial score (nSPS) is 14.0. The zero-order valence-corrected chi connectivity index (χ0v) is 19.1. The van der Waals surface area contributed by atoms with Gasteiger partial charge in [0.1, 0.15) is 11.6 Å². The van der Waals surface area contributed by atoms with Crippen LogP contribution in [0.15, 0.2) is 54.2 Å². The minimum absolute atomic E-state index is 0.105. The van der Waals surface area contributed by atoms with E-state index >= 15 is 0 Å². The minimum Gasteiger partial charge on any atom is -0.493 e. The molecule has 168 valence electrons. The number of piperazine rings is 1. The van der Waals surface area contributed by atoms with Crippen LogP contribution in [-0.2, 0) is 11.2 Å². The molecule has 1 aliphatic rings. The van der Waals surface area contributed by atoms with Crippen LogP contribution < -0.4 is 19.7 Å². The van der Waals surface area contributed by atoms with Gasteiger partial charge in [-0.15, -0.1) is 0 Å². The lowest BCUT2D eigenvalue weighted by atomic mass is 10.1. The molecule has 0 unspecified atom stereocenters. The fraction of sp³-hybridized carbons (Fsp3) is 0.333. The fourth-order valence-electron chi connectivity index (χ4n) is 3.55. The Bertz CT molecular complexity index is 1010. The third-order valence-electron chi connectivity index (χ3n) is 5.31. The average Bonchev–Trinajstić information content (AvgIpc) is 2.82. The van der Waals surface area contributed by atoms with Crippen LogP contribution in [0.4, 0.5) is 5.69 Å². The number of hydrogen-bond acceptors (Lipinski definition) is 6. The summed E-state index contributed by atoms with van der Waals surface area (Å²) in [5, 5.41) is 13.0. The maximum absolute atomic E-state index is 12.5. The number of rotatable bonds is 8. The Morgan fingerprint density at radius 3 is 2.53 bits per heavy atom. The molecule has 0 saturated carbocycles. The first-order valence-corrected chi connectivity index (χ1v) is 10.8. The molecular weight excluding hydrogens is 428 g/mol. The number of nitrogens with one attached hydrogen (secondary N) is 1. The molecule has 0 radical (unpaired) electrons. The van der Waals surface area contributed by atoms with Gasteiger partial charge in [-0.3, -0.25) is 4.79 Å². The highest BCUT2D eigenvalue weighted by molar-refractivity contribution is 6.30. The molecule has 8 heteroatoms. The summed E-state index contributed by atoms with van der Waals surface area (Å²) >= 11 is 6.09. The van der Waals surface area contributed by atoms with E-state index in [9.17, 15) is 10.1 Å². The second kappa shape index (κ2) is 11.3. The van der Waals surface area contributed by atoms with E-state index in [1.807, 2.05) is 53.4 Å². The first-order valence-electron chi connectivity index (χ1n) is 10.4. The number of amides is 1. The van der Waals surface area contributed by atoms with Crippen molar-refractivity contribution in [1.29, 1.82) is 5.26 Å². The molecule has 32 heavy (non-hydrogen) atoms. The molecule has 1 saturated heterocycles. The molecule has 0 bridgehead atoms. The van der Waals surface area contributed by atoms with Crippen LogP contribution in [-0.4, -0.2) is 57.8 Å². The second-order valence-corrected chi connectivity index (χ2v) is 7.79. The van der Waals surface area contributed by atoms with E-state index in [0.29, 0.717) is 29.5 Å². The average molecular weight is 455 g/mol. The molecule has 0 spiro atoms. The molecule has 2 aromatic rings. The van der Waals surface area contributed by atoms with Crippen LogP contribution in [0, 0.1) is 11.3 Å². The molecule has 7 nitrogen and oxygen atoms in total. The Hall–Kier alpha value is -3.37. The third kappa shape index (κ3) is 6.08. The molecule has 1 N–H and O–H groups in total. The van der Waals surface area contributed by atoms with Crippen molar-refractivity contribution in [1.82, 2.24) is 10.2 Å². The Balaban J connectivity index is 1.51. The van der Waals surface area contributed by atoms with E-state index in [1.165, 1.54) is 0 Å². The van der Waals surface area contributed by atoms with Gasteiger partial charge in [-0.25, -0.2) is 0 Å². The van der Waals surface area contributed by atoms with Gasteiger partial charge in [0.15, 0.2) is 11.5 Å². The SMILES string of the molecule is COc1ccc(CCNC(=O)/C(C#N)=C\N2CCN(c3cccc(Cl)c3)CC2)cc1OC. The Labute approximate surface area is 193 Å². The van der Waals surface area contributed by atoms with Crippen molar-refractivity contribution in [3.63, 3.8) is 0 Å². The van der Waals surface area contributed by atoms with Gasteiger partial charge in [0.25, 0.3) is 5.91 Å². The van der Waals surface area contributed by atoms with Crippen LogP contribution in [0.5, 0.6) is 11.5 Å². The molecule has 1 heterocycles. The van der Waals surface area contributed by atoms with Crippen LogP contribution in [0.3, 0.4) is 0 Å². The number of methoxy groups -OCH3 is 2. The highest BCUT2D eigenvalue weighted by Crippen LogP contribution is 2.27. The molecule has 0 aromatic heterocycles. The van der Waals surface area contributed by atoms with Crippen LogP contribution >= 0.6 is 11.6 Å². The van der Waals surface area contributed by atoms with E-state index in [2.05, 4.69) is 10.2 Å². The smallest absolute Gasteiger partial charge is 0.263 e. The Kier molecular flexibility index (Phi) is 8.23. The number of nitrogens with zero attached hydrogens (tertiary/aromatic N) is 3. The molecule has 2 aromatic carbocycles. The van der Waals surface area contributed by atoms with Crippen molar-refractivity contribution in [2.45, 2.75) is 6.42 Å². The van der Waals surface area contributed by atoms with E-state index < -0.39 is 0 Å². The molecular formula is C24H27ClN4O3. The summed E-state index contributed by atoms with van der Waals surface area (Å²) in [6.07, 6.45) is 2.27. The van der Waals surface area contributed by atoms with Crippen molar-refractivity contribution in [2.24, 2.45) is 0 Å². The van der Waals surface area contributed by atoms with E-state index in [4.69, 9.17) is 21.1 Å². The maximum atomic E-state index is 12.5. The monoisotopic (exact) mass is 454 g/mol. The van der Waals surface area contributed by atoms with E-state index in [0.717, 1.165) is 37.4 Å². The number of nitriles is 1. The lowest BCUT2D eigenvalue weighted by Crippen LogP contribution is -2.44. The van der Waals surface area contributed by atoms with Gasteiger partial charge in [-0.2, -0.15) is 5.26 Å². The Morgan fingerprint density at radius 1 is 1.12 bits per heavy atom. The standard InChI is InChI=1S/C24H27ClN4O3/c1-31-22-7-6-18(14-23(22)32-2)8-9-27-24(30)19(16-26)17-28-10-12-29(13-11-28)21-5-3-4-20(25)15-21/h3-7,14-15,17H,8-13H2,1-2H3,(H,27,30)/b19-17-. The fourth-order valence-corrected chi connectivity index (χ4v) is 3.74. The van der Waals surface area contributed by atoms with E-state index in [-0.39, 0.29) is 11.5 Å². The number of ether oxygens (including phenoxy) is 2. The lowest BCUT2D eigenvalue weighted by molar-refractivity contribution is -0.117. The first-order chi connectivity index (χ1) is 15.5. The predicted molar refractivity (Wildman–Crippen MR) is 125 cm³/mol. The van der Waals surface area contributed by atoms with Crippen molar-refractivity contribution >= 4 is 23.2 Å². The van der Waals surface area contributed by atoms with Crippen molar-refractivity contribution in [3.8, 4) is 17.6 Å². The lowest BCUT2D eigenvalue weighted by Gasteiger charge is -2.35. The third-order valence-corrected chi connectivity index (χ3v) is 5.55. The van der Waals surface area contributed by atoms with Crippen molar-refractivity contribution < 1.29 is 14.3 Å². The van der Waals surface area contributed by atoms with Gasteiger partial charge in [-0.05, 0) is 42.3 Å². The zero-order chi connectivity index (χ0) is 22.9. The second-order valence-electron chi connectivity index (χ2n) is 7.35.